The average Bonchev–Trinajstić information content (AvgIpc) is 2.67. The van der Waals surface area contributed by atoms with E-state index in [1.54, 1.807) is 24.3 Å². The standard InChI is InChI=1S/C13H18N4O2/c1-16-9-13(19-12(16)18)3-6-17(7-4-13)11-2-5-15-8-10(11)14/h2,5,8H,3-4,6-7,9,14H2,1H3. The van der Waals surface area contributed by atoms with Crippen LogP contribution in [-0.4, -0.2) is 48.3 Å². The number of anilines is 2. The molecule has 1 spiro atoms. The minimum Gasteiger partial charge on any atom is -0.441 e. The number of amides is 1. The maximum atomic E-state index is 11.5. The minimum absolute atomic E-state index is 0.211. The van der Waals surface area contributed by atoms with Gasteiger partial charge in [0, 0.05) is 39.2 Å². The van der Waals surface area contributed by atoms with Crippen LogP contribution in [0.3, 0.4) is 0 Å². The van der Waals surface area contributed by atoms with Crippen molar-refractivity contribution in [1.29, 1.82) is 0 Å². The second-order valence-corrected chi connectivity index (χ2v) is 5.33. The Bertz CT molecular complexity index is 497. The third kappa shape index (κ3) is 2.07. The fourth-order valence-electron chi connectivity index (χ4n) is 2.89. The maximum Gasteiger partial charge on any atom is 0.410 e. The van der Waals surface area contributed by atoms with E-state index in [1.807, 2.05) is 6.07 Å². The van der Waals surface area contributed by atoms with E-state index >= 15 is 0 Å². The second kappa shape index (κ2) is 4.29. The van der Waals surface area contributed by atoms with Crippen LogP contribution in [0.4, 0.5) is 16.2 Å². The Morgan fingerprint density at radius 2 is 2.16 bits per heavy atom. The first-order valence-corrected chi connectivity index (χ1v) is 6.48. The van der Waals surface area contributed by atoms with E-state index in [0.717, 1.165) is 31.6 Å². The highest BCUT2D eigenvalue weighted by atomic mass is 16.6. The molecule has 2 aliphatic rings. The highest BCUT2D eigenvalue weighted by Gasteiger charge is 2.45. The summed E-state index contributed by atoms with van der Waals surface area (Å²) in [5.41, 5.74) is 7.35. The van der Waals surface area contributed by atoms with Crippen molar-refractivity contribution in [3.8, 4) is 0 Å². The zero-order valence-corrected chi connectivity index (χ0v) is 11.0. The Labute approximate surface area is 112 Å². The molecule has 2 aliphatic heterocycles. The van der Waals surface area contributed by atoms with Crippen LogP contribution in [0.25, 0.3) is 0 Å². The molecule has 0 aromatic carbocycles. The lowest BCUT2D eigenvalue weighted by molar-refractivity contribution is 0.0367. The van der Waals surface area contributed by atoms with Crippen molar-refractivity contribution in [2.75, 3.05) is 37.3 Å². The van der Waals surface area contributed by atoms with Gasteiger partial charge in [-0.2, -0.15) is 0 Å². The molecule has 3 rings (SSSR count). The molecule has 1 amide bonds. The Balaban J connectivity index is 1.71. The Morgan fingerprint density at radius 1 is 1.42 bits per heavy atom. The number of hydrogen-bond donors (Lipinski definition) is 1. The molecule has 2 N–H and O–H groups in total. The molecular weight excluding hydrogens is 244 g/mol. The van der Waals surface area contributed by atoms with Crippen molar-refractivity contribution < 1.29 is 9.53 Å². The lowest BCUT2D eigenvalue weighted by Gasteiger charge is -2.38. The normalized spacial score (nSPS) is 21.8. The van der Waals surface area contributed by atoms with Gasteiger partial charge in [0.2, 0.25) is 0 Å². The topological polar surface area (TPSA) is 71.7 Å². The summed E-state index contributed by atoms with van der Waals surface area (Å²) < 4.78 is 5.53. The fourth-order valence-corrected chi connectivity index (χ4v) is 2.89. The number of likely N-dealkylation sites (N-methyl/N-ethyl adjacent to an activating group) is 1. The third-order valence-corrected chi connectivity index (χ3v) is 3.98. The van der Waals surface area contributed by atoms with Crippen molar-refractivity contribution in [1.82, 2.24) is 9.88 Å². The predicted molar refractivity (Wildman–Crippen MR) is 71.9 cm³/mol. The number of rotatable bonds is 1. The molecule has 19 heavy (non-hydrogen) atoms. The number of ether oxygens (including phenoxy) is 1. The largest absolute Gasteiger partial charge is 0.441 e. The first kappa shape index (κ1) is 12.1. The molecule has 3 heterocycles. The van der Waals surface area contributed by atoms with Crippen LogP contribution in [0.1, 0.15) is 12.8 Å². The SMILES string of the molecule is CN1CC2(CCN(c3ccncc3N)CC2)OC1=O. The maximum absolute atomic E-state index is 11.5. The van der Waals surface area contributed by atoms with Crippen molar-refractivity contribution in [3.05, 3.63) is 18.5 Å². The third-order valence-electron chi connectivity index (χ3n) is 3.98. The van der Waals surface area contributed by atoms with Crippen molar-refractivity contribution >= 4 is 17.5 Å². The molecule has 6 heteroatoms. The summed E-state index contributed by atoms with van der Waals surface area (Å²) in [5, 5.41) is 0. The molecule has 102 valence electrons. The van der Waals surface area contributed by atoms with Crippen LogP contribution >= 0.6 is 0 Å². The Morgan fingerprint density at radius 3 is 2.74 bits per heavy atom. The molecule has 0 bridgehead atoms. The van der Waals surface area contributed by atoms with E-state index in [2.05, 4.69) is 9.88 Å². The number of nitrogens with zero attached hydrogens (tertiary/aromatic N) is 3. The van der Waals surface area contributed by atoms with E-state index in [9.17, 15) is 4.79 Å². The van der Waals surface area contributed by atoms with Gasteiger partial charge in [0.05, 0.1) is 24.1 Å². The first-order valence-electron chi connectivity index (χ1n) is 6.48. The van der Waals surface area contributed by atoms with Crippen LogP contribution in [-0.2, 0) is 4.74 Å². The number of piperidine rings is 1. The monoisotopic (exact) mass is 262 g/mol. The number of pyridine rings is 1. The van der Waals surface area contributed by atoms with Gasteiger partial charge >= 0.3 is 6.09 Å². The van der Waals surface area contributed by atoms with Crippen LogP contribution in [0.5, 0.6) is 0 Å². The lowest BCUT2D eigenvalue weighted by Crippen LogP contribution is -2.46. The summed E-state index contributed by atoms with van der Waals surface area (Å²) in [6.07, 6.45) is 4.88. The quantitative estimate of drug-likeness (QED) is 0.820. The van der Waals surface area contributed by atoms with Crippen molar-refractivity contribution in [2.45, 2.75) is 18.4 Å². The van der Waals surface area contributed by atoms with Crippen LogP contribution in [0.15, 0.2) is 18.5 Å². The van der Waals surface area contributed by atoms with E-state index in [0.29, 0.717) is 12.2 Å². The zero-order chi connectivity index (χ0) is 13.5. The molecule has 0 radical (unpaired) electrons. The van der Waals surface area contributed by atoms with Gasteiger partial charge in [-0.3, -0.25) is 4.98 Å². The first-order chi connectivity index (χ1) is 9.10. The summed E-state index contributed by atoms with van der Waals surface area (Å²) in [6, 6.07) is 1.93. The number of nitrogens with two attached hydrogens (primary N) is 1. The highest BCUT2D eigenvalue weighted by Crippen LogP contribution is 2.35. The van der Waals surface area contributed by atoms with Crippen LogP contribution < -0.4 is 10.6 Å². The molecule has 6 nitrogen and oxygen atoms in total. The molecule has 0 saturated carbocycles. The summed E-state index contributed by atoms with van der Waals surface area (Å²) in [6.45, 7) is 2.37. The van der Waals surface area contributed by atoms with Gasteiger partial charge in [-0.05, 0) is 6.07 Å². The lowest BCUT2D eigenvalue weighted by atomic mass is 9.91. The van der Waals surface area contributed by atoms with Gasteiger partial charge in [0.1, 0.15) is 5.60 Å². The molecule has 0 unspecified atom stereocenters. The molecular formula is C13H18N4O2. The molecule has 1 aromatic rings. The van der Waals surface area contributed by atoms with E-state index in [-0.39, 0.29) is 11.7 Å². The van der Waals surface area contributed by atoms with E-state index < -0.39 is 0 Å². The Kier molecular flexibility index (Phi) is 2.73. The minimum atomic E-state index is -0.301. The number of aromatic nitrogens is 1. The number of hydrogen-bond acceptors (Lipinski definition) is 5. The molecule has 0 atom stereocenters. The van der Waals surface area contributed by atoms with Gasteiger partial charge in [0.15, 0.2) is 0 Å². The number of nitrogen functional groups attached to an aromatic ring is 1. The smallest absolute Gasteiger partial charge is 0.410 e. The van der Waals surface area contributed by atoms with Crippen LogP contribution in [0.2, 0.25) is 0 Å². The van der Waals surface area contributed by atoms with E-state index in [4.69, 9.17) is 10.5 Å². The van der Waals surface area contributed by atoms with Gasteiger partial charge in [-0.15, -0.1) is 0 Å². The number of carbonyl (C=O) groups excluding carboxylic acids is 1. The second-order valence-electron chi connectivity index (χ2n) is 5.33. The highest BCUT2D eigenvalue weighted by molar-refractivity contribution is 5.71. The predicted octanol–water partition coefficient (Wildman–Crippen LogP) is 1.08. The van der Waals surface area contributed by atoms with Gasteiger partial charge in [0.25, 0.3) is 0 Å². The molecule has 2 saturated heterocycles. The number of carbonyl (C=O) groups is 1. The molecule has 2 fully saturated rings. The van der Waals surface area contributed by atoms with Crippen LogP contribution in [0, 0.1) is 0 Å². The van der Waals surface area contributed by atoms with Crippen molar-refractivity contribution in [3.63, 3.8) is 0 Å². The summed E-state index contributed by atoms with van der Waals surface area (Å²) in [7, 11) is 1.78. The van der Waals surface area contributed by atoms with Gasteiger partial charge in [-0.1, -0.05) is 0 Å². The summed E-state index contributed by atoms with van der Waals surface area (Å²) >= 11 is 0. The molecule has 1 aromatic heterocycles. The fraction of sp³-hybridized carbons (Fsp3) is 0.538. The van der Waals surface area contributed by atoms with Gasteiger partial charge < -0.3 is 20.3 Å². The van der Waals surface area contributed by atoms with Crippen molar-refractivity contribution in [2.24, 2.45) is 0 Å². The molecule has 0 aliphatic carbocycles. The average molecular weight is 262 g/mol. The summed E-state index contributed by atoms with van der Waals surface area (Å²) in [4.78, 5) is 19.4. The zero-order valence-electron chi connectivity index (χ0n) is 11.0. The Hall–Kier alpha value is -1.98. The van der Waals surface area contributed by atoms with Gasteiger partial charge in [-0.25, -0.2) is 4.79 Å². The van der Waals surface area contributed by atoms with E-state index in [1.165, 1.54) is 0 Å². The summed E-state index contributed by atoms with van der Waals surface area (Å²) in [5.74, 6) is 0.